The summed E-state index contributed by atoms with van der Waals surface area (Å²) in [5.74, 6) is -10.2. The van der Waals surface area contributed by atoms with E-state index in [0.717, 1.165) is 6.92 Å². The van der Waals surface area contributed by atoms with Crippen LogP contribution in [0.3, 0.4) is 0 Å². The zero-order valence-corrected chi connectivity index (χ0v) is 35.2. The fraction of sp³-hybridized carbons (Fsp3) is 0.605. The Kier molecular flexibility index (Phi) is 23.6. The van der Waals surface area contributed by atoms with Gasteiger partial charge in [-0.15, -0.1) is 0 Å². The van der Waals surface area contributed by atoms with Gasteiger partial charge in [-0.05, 0) is 36.5 Å². The fourth-order valence-corrected chi connectivity index (χ4v) is 5.40. The largest absolute Gasteiger partial charge is 0.508 e. The zero-order chi connectivity index (χ0) is 47.3. The Labute approximate surface area is 357 Å². The van der Waals surface area contributed by atoms with E-state index in [1.807, 2.05) is 0 Å². The molecule has 0 aliphatic rings. The predicted octanol–water partition coefficient (Wildman–Crippen LogP) is -6.06. The molecule has 0 unspecified atom stereocenters. The van der Waals surface area contributed by atoms with Crippen LogP contribution in [0.4, 0.5) is 0 Å². The number of hydrogen-bond donors (Lipinski definition) is 15. The SMILES string of the molecule is CC[C@H](C)[C@H](NC(=O)[C@H](Cc1ccc(O)cc1)NC(=O)[C@@H](NC(=O)CNC(=O)CNC(=O)[C@H](CO)NC(=O)[C@H](CO)NC(=O)[C@@H](NC(=O)[C@@H](N)CO)[C@@H](C)CC)[C@@H](C)O)C(=O)O. The molecule has 348 valence electrons. The van der Waals surface area contributed by atoms with Crippen molar-refractivity contribution in [2.75, 3.05) is 32.9 Å². The van der Waals surface area contributed by atoms with Crippen molar-refractivity contribution in [2.45, 2.75) is 102 Å². The number of nitrogens with two attached hydrogens (primary N) is 1. The summed E-state index contributed by atoms with van der Waals surface area (Å²) in [6, 6.07) is -4.76. The highest BCUT2D eigenvalue weighted by Gasteiger charge is 2.34. The van der Waals surface area contributed by atoms with E-state index in [1.165, 1.54) is 24.3 Å². The molecule has 1 rings (SSSR count). The Hall–Kier alpha value is -5.95. The molecule has 0 aliphatic carbocycles. The lowest BCUT2D eigenvalue weighted by Gasteiger charge is -2.27. The van der Waals surface area contributed by atoms with Gasteiger partial charge in [-0.25, -0.2) is 4.79 Å². The van der Waals surface area contributed by atoms with Crippen molar-refractivity contribution in [3.8, 4) is 5.75 Å². The number of benzene rings is 1. The average Bonchev–Trinajstić information content (AvgIpc) is 3.24. The number of hydrogen-bond acceptors (Lipinski definition) is 15. The van der Waals surface area contributed by atoms with E-state index >= 15 is 0 Å². The second-order valence-electron chi connectivity index (χ2n) is 14.6. The van der Waals surface area contributed by atoms with Gasteiger partial charge in [0.2, 0.25) is 47.3 Å². The molecular formula is C38H61N9O15. The van der Waals surface area contributed by atoms with E-state index in [0.29, 0.717) is 18.4 Å². The Morgan fingerprint density at radius 3 is 1.55 bits per heavy atom. The molecule has 0 fully saturated rings. The highest BCUT2D eigenvalue weighted by molar-refractivity contribution is 5.97. The van der Waals surface area contributed by atoms with Crippen LogP contribution in [-0.4, -0.2) is 165 Å². The van der Waals surface area contributed by atoms with Crippen LogP contribution in [-0.2, 0) is 49.6 Å². The van der Waals surface area contributed by atoms with Crippen LogP contribution in [0.25, 0.3) is 0 Å². The van der Waals surface area contributed by atoms with Crippen LogP contribution in [0.15, 0.2) is 24.3 Å². The van der Waals surface area contributed by atoms with Gasteiger partial charge in [0, 0.05) is 6.42 Å². The summed E-state index contributed by atoms with van der Waals surface area (Å²) >= 11 is 0. The van der Waals surface area contributed by atoms with Gasteiger partial charge in [-0.1, -0.05) is 52.7 Å². The molecule has 0 saturated carbocycles. The van der Waals surface area contributed by atoms with Crippen LogP contribution in [0.2, 0.25) is 0 Å². The topological polar surface area (TPSA) is 397 Å². The number of aliphatic hydroxyl groups excluding tert-OH is 4. The standard InChI is InChI=1S/C38H61N9O15/c1-6-18(3)29(46-32(55)23(39)15-48)36(59)44-26(17-50)35(58)43-25(16-49)33(56)41-13-27(53)40-14-28(54)45-31(20(5)51)37(60)42-24(12-21-8-10-22(52)11-9-21)34(57)47-30(38(61)62)19(4)7-2/h8-11,18-20,23-26,29-31,48-52H,6-7,12-17,39H2,1-5H3,(H,40,53)(H,41,56)(H,42,60)(H,43,58)(H,44,59)(H,45,54)(H,46,55)(H,47,57)(H,61,62)/t18-,19-,20+,23-,24-,25-,26-,29-,30-,31-/m0/s1. The van der Waals surface area contributed by atoms with Crippen molar-refractivity contribution < 1.29 is 73.8 Å². The quantitative estimate of drug-likeness (QED) is 0.0391. The first-order chi connectivity index (χ1) is 29.1. The highest BCUT2D eigenvalue weighted by atomic mass is 16.4. The van der Waals surface area contributed by atoms with Crippen molar-refractivity contribution >= 4 is 53.2 Å². The minimum absolute atomic E-state index is 0.0773. The minimum atomic E-state index is -1.70. The molecule has 0 radical (unpaired) electrons. The molecule has 1 aromatic rings. The predicted molar refractivity (Wildman–Crippen MR) is 217 cm³/mol. The molecule has 0 aromatic heterocycles. The number of carbonyl (C=O) groups excluding carboxylic acids is 8. The summed E-state index contributed by atoms with van der Waals surface area (Å²) in [7, 11) is 0. The van der Waals surface area contributed by atoms with Gasteiger partial charge < -0.3 is 78.9 Å². The Bertz CT molecular complexity index is 1700. The fourth-order valence-electron chi connectivity index (χ4n) is 5.40. The molecule has 24 heteroatoms. The third-order valence-electron chi connectivity index (χ3n) is 9.69. The maximum atomic E-state index is 13.4. The Morgan fingerprint density at radius 2 is 1.03 bits per heavy atom. The number of aliphatic carboxylic acids is 1. The lowest BCUT2D eigenvalue weighted by molar-refractivity contribution is -0.144. The molecule has 24 nitrogen and oxygen atoms in total. The van der Waals surface area contributed by atoms with Gasteiger partial charge in [0.25, 0.3) is 0 Å². The first kappa shape index (κ1) is 54.1. The van der Waals surface area contributed by atoms with Crippen molar-refractivity contribution in [3.05, 3.63) is 29.8 Å². The van der Waals surface area contributed by atoms with Crippen molar-refractivity contribution in [1.82, 2.24) is 42.5 Å². The van der Waals surface area contributed by atoms with Gasteiger partial charge in [0.1, 0.15) is 48.0 Å². The molecule has 1 aromatic carbocycles. The molecule has 8 amide bonds. The van der Waals surface area contributed by atoms with Crippen molar-refractivity contribution in [2.24, 2.45) is 17.6 Å². The second-order valence-corrected chi connectivity index (χ2v) is 14.6. The summed E-state index contributed by atoms with van der Waals surface area (Å²) < 4.78 is 0. The molecule has 0 saturated heterocycles. The number of phenolic OH excluding ortho intramolecular Hbond substituents is 1. The first-order valence-corrected chi connectivity index (χ1v) is 19.8. The van der Waals surface area contributed by atoms with Crippen LogP contribution in [0, 0.1) is 11.8 Å². The van der Waals surface area contributed by atoms with Gasteiger partial charge in [0.05, 0.1) is 39.0 Å². The highest BCUT2D eigenvalue weighted by Crippen LogP contribution is 2.14. The summed E-state index contributed by atoms with van der Waals surface area (Å²) in [5.41, 5.74) is 5.96. The summed E-state index contributed by atoms with van der Waals surface area (Å²) in [6.45, 7) is 3.55. The van der Waals surface area contributed by atoms with Gasteiger partial charge in [0.15, 0.2) is 0 Å². The number of rotatable bonds is 27. The molecular weight excluding hydrogens is 822 g/mol. The number of phenols is 1. The number of carboxylic acid groups (broad SMARTS) is 1. The summed E-state index contributed by atoms with van der Waals surface area (Å²) in [6.07, 6.45) is -0.957. The van der Waals surface area contributed by atoms with Crippen molar-refractivity contribution in [1.29, 1.82) is 0 Å². The molecule has 16 N–H and O–H groups in total. The molecule has 0 aliphatic heterocycles. The summed E-state index contributed by atoms with van der Waals surface area (Å²) in [4.78, 5) is 115. The lowest BCUT2D eigenvalue weighted by Crippen LogP contribution is -2.60. The maximum absolute atomic E-state index is 13.4. The number of carbonyl (C=O) groups is 9. The van der Waals surface area contributed by atoms with Gasteiger partial charge in [-0.2, -0.15) is 0 Å². The van der Waals surface area contributed by atoms with E-state index in [9.17, 15) is 68.7 Å². The van der Waals surface area contributed by atoms with Crippen LogP contribution >= 0.6 is 0 Å². The van der Waals surface area contributed by atoms with E-state index < -0.39 is 146 Å². The van der Waals surface area contributed by atoms with E-state index in [1.54, 1.807) is 27.7 Å². The van der Waals surface area contributed by atoms with Gasteiger partial charge in [-0.3, -0.25) is 38.4 Å². The van der Waals surface area contributed by atoms with Crippen LogP contribution < -0.4 is 48.3 Å². The van der Waals surface area contributed by atoms with Crippen LogP contribution in [0.1, 0.15) is 53.0 Å². The second kappa shape index (κ2) is 27.1. The maximum Gasteiger partial charge on any atom is 0.326 e. The number of aliphatic hydroxyl groups is 4. The number of amides is 8. The first-order valence-electron chi connectivity index (χ1n) is 19.8. The monoisotopic (exact) mass is 883 g/mol. The third-order valence-corrected chi connectivity index (χ3v) is 9.69. The molecule has 0 heterocycles. The normalized spacial score (nSPS) is 15.8. The van der Waals surface area contributed by atoms with Crippen molar-refractivity contribution in [3.63, 3.8) is 0 Å². The Balaban J connectivity index is 2.89. The van der Waals surface area contributed by atoms with Crippen LogP contribution in [0.5, 0.6) is 5.75 Å². The van der Waals surface area contributed by atoms with E-state index in [4.69, 9.17) is 10.8 Å². The average molecular weight is 884 g/mol. The number of aromatic hydroxyl groups is 1. The summed E-state index contributed by atoms with van der Waals surface area (Å²) in [5, 5.41) is 76.5. The molecule has 10 atom stereocenters. The number of nitrogens with one attached hydrogen (secondary N) is 8. The number of carboxylic acids is 1. The van der Waals surface area contributed by atoms with E-state index in [2.05, 4.69) is 42.5 Å². The third kappa shape index (κ3) is 18.0. The smallest absolute Gasteiger partial charge is 0.326 e. The lowest BCUT2D eigenvalue weighted by atomic mass is 9.97. The van der Waals surface area contributed by atoms with Gasteiger partial charge >= 0.3 is 5.97 Å². The Morgan fingerprint density at radius 1 is 0.565 bits per heavy atom. The van der Waals surface area contributed by atoms with E-state index in [-0.39, 0.29) is 12.2 Å². The zero-order valence-electron chi connectivity index (χ0n) is 35.2. The minimum Gasteiger partial charge on any atom is -0.508 e. The molecule has 0 spiro atoms. The molecule has 62 heavy (non-hydrogen) atoms. The molecule has 0 bridgehead atoms.